The number of nitrogens with zero attached hydrogens (tertiary/aromatic N) is 1. The van der Waals surface area contributed by atoms with Crippen LogP contribution in [0.25, 0.3) is 0 Å². The number of nitrogens with one attached hydrogen (secondary N) is 3. The molecule has 1 aliphatic carbocycles. The van der Waals surface area contributed by atoms with Crippen LogP contribution < -0.4 is 16.0 Å². The Bertz CT molecular complexity index is 1060. The first kappa shape index (κ1) is 27.2. The van der Waals surface area contributed by atoms with E-state index in [9.17, 15) is 18.0 Å². The summed E-state index contributed by atoms with van der Waals surface area (Å²) in [5, 5.41) is 9.29. The maximum absolute atomic E-state index is 13.3. The lowest BCUT2D eigenvalue weighted by Crippen LogP contribution is -2.55. The van der Waals surface area contributed by atoms with Crippen molar-refractivity contribution in [3.63, 3.8) is 0 Å². The zero-order valence-electron chi connectivity index (χ0n) is 21.7. The second-order valence-corrected chi connectivity index (χ2v) is 13.6. The summed E-state index contributed by atoms with van der Waals surface area (Å²) in [6.07, 6.45) is 5.05. The molecule has 2 amide bonds. The van der Waals surface area contributed by atoms with E-state index >= 15 is 0 Å². The number of hydrogen-bond donors (Lipinski definition) is 3. The predicted molar refractivity (Wildman–Crippen MR) is 137 cm³/mol. The second-order valence-electron chi connectivity index (χ2n) is 11.7. The molecule has 1 saturated carbocycles. The molecule has 194 valence electrons. The van der Waals surface area contributed by atoms with Gasteiger partial charge in [-0.25, -0.2) is 8.42 Å². The summed E-state index contributed by atoms with van der Waals surface area (Å²) >= 11 is 0. The fourth-order valence-electron chi connectivity index (χ4n) is 4.73. The molecule has 35 heavy (non-hydrogen) atoms. The molecule has 1 aromatic rings. The molecule has 0 bridgehead atoms. The van der Waals surface area contributed by atoms with E-state index in [1.807, 2.05) is 6.92 Å². The summed E-state index contributed by atoms with van der Waals surface area (Å²) in [7, 11) is -3.99. The van der Waals surface area contributed by atoms with Gasteiger partial charge in [0.05, 0.1) is 11.3 Å². The molecular formula is C26H40N4O4S. The van der Waals surface area contributed by atoms with Gasteiger partial charge in [0.15, 0.2) is 0 Å². The molecule has 8 nitrogen and oxygen atoms in total. The maximum atomic E-state index is 13.3. The van der Waals surface area contributed by atoms with Crippen molar-refractivity contribution in [1.29, 1.82) is 0 Å². The van der Waals surface area contributed by atoms with Crippen LogP contribution in [-0.4, -0.2) is 49.2 Å². The van der Waals surface area contributed by atoms with E-state index in [0.29, 0.717) is 6.04 Å². The van der Waals surface area contributed by atoms with E-state index < -0.39 is 22.0 Å². The minimum atomic E-state index is -3.99. The van der Waals surface area contributed by atoms with Crippen LogP contribution in [0.1, 0.15) is 65.9 Å². The Balaban J connectivity index is 1.67. The smallest absolute Gasteiger partial charge is 0.264 e. The number of hydrogen-bond acceptors (Lipinski definition) is 5. The second kappa shape index (κ2) is 10.3. The first-order valence-corrected chi connectivity index (χ1v) is 13.7. The zero-order chi connectivity index (χ0) is 26.0. The molecule has 3 N–H and O–H groups in total. The molecule has 1 aromatic carbocycles. The molecule has 0 spiro atoms. The van der Waals surface area contributed by atoms with Gasteiger partial charge in [-0.15, -0.1) is 0 Å². The molecule has 1 fully saturated rings. The van der Waals surface area contributed by atoms with Crippen molar-refractivity contribution < 1.29 is 18.0 Å². The SMILES string of the molecule is Cc1ccc(S(=O)(=O)N2C=CNC(=O)[C@H]2CC(=O)N[C@@H]2CC[C@H](NCC(C)(C)C)CC2(C)C)cc1. The van der Waals surface area contributed by atoms with Crippen molar-refractivity contribution in [2.45, 2.75) is 90.2 Å². The number of aryl methyl sites for hydroxylation is 1. The highest BCUT2D eigenvalue weighted by atomic mass is 32.2. The van der Waals surface area contributed by atoms with E-state index in [1.54, 1.807) is 12.1 Å². The third kappa shape index (κ3) is 6.85. The molecule has 9 heteroatoms. The summed E-state index contributed by atoms with van der Waals surface area (Å²) in [6.45, 7) is 13.7. The molecule has 2 aliphatic rings. The molecule has 0 unspecified atom stereocenters. The van der Waals surface area contributed by atoms with Crippen LogP contribution in [-0.2, 0) is 19.6 Å². The molecular weight excluding hydrogens is 464 g/mol. The predicted octanol–water partition coefficient (Wildman–Crippen LogP) is 3.04. The third-order valence-corrected chi connectivity index (χ3v) is 8.61. The van der Waals surface area contributed by atoms with E-state index in [1.165, 1.54) is 24.5 Å². The molecule has 1 aliphatic heterocycles. The quantitative estimate of drug-likeness (QED) is 0.529. The first-order valence-electron chi connectivity index (χ1n) is 12.3. The van der Waals surface area contributed by atoms with E-state index in [-0.39, 0.29) is 34.1 Å². The number of amides is 2. The van der Waals surface area contributed by atoms with E-state index in [4.69, 9.17) is 0 Å². The number of carbonyl (C=O) groups is 2. The number of rotatable bonds is 7. The standard InChI is InChI=1S/C26H40N4O4S/c1-18-7-10-20(11-8-18)35(33,34)30-14-13-27-24(32)21(30)15-23(31)29-22-12-9-19(16-26(22,5)6)28-17-25(2,3)4/h7-8,10-11,13-14,19,21-22,28H,9,12,15-17H2,1-6H3,(H,27,32)(H,29,31)/t19-,21+,22+/m0/s1. The van der Waals surface area contributed by atoms with Crippen LogP contribution >= 0.6 is 0 Å². The fourth-order valence-corrected chi connectivity index (χ4v) is 6.18. The molecule has 1 heterocycles. The van der Waals surface area contributed by atoms with Gasteiger partial charge in [-0.2, -0.15) is 0 Å². The highest BCUT2D eigenvalue weighted by Gasteiger charge is 2.40. The lowest BCUT2D eigenvalue weighted by Gasteiger charge is -2.44. The van der Waals surface area contributed by atoms with Crippen molar-refractivity contribution in [2.75, 3.05) is 6.54 Å². The van der Waals surface area contributed by atoms with Gasteiger partial charge in [0.25, 0.3) is 10.0 Å². The summed E-state index contributed by atoms with van der Waals surface area (Å²) in [6, 6.07) is 5.62. The highest BCUT2D eigenvalue weighted by Crippen LogP contribution is 2.36. The Morgan fingerprint density at radius 3 is 2.43 bits per heavy atom. The van der Waals surface area contributed by atoms with Crippen molar-refractivity contribution in [1.82, 2.24) is 20.3 Å². The fraction of sp³-hybridized carbons (Fsp3) is 0.615. The molecule has 3 atom stereocenters. The van der Waals surface area contributed by atoms with Gasteiger partial charge in [-0.05, 0) is 49.1 Å². The van der Waals surface area contributed by atoms with Crippen molar-refractivity contribution in [2.24, 2.45) is 10.8 Å². The van der Waals surface area contributed by atoms with Gasteiger partial charge in [0, 0.05) is 31.0 Å². The van der Waals surface area contributed by atoms with Gasteiger partial charge in [-0.1, -0.05) is 52.3 Å². The Morgan fingerprint density at radius 1 is 1.17 bits per heavy atom. The number of benzene rings is 1. The summed E-state index contributed by atoms with van der Waals surface area (Å²) in [4.78, 5) is 25.8. The van der Waals surface area contributed by atoms with Crippen LogP contribution in [0.5, 0.6) is 0 Å². The minimum Gasteiger partial charge on any atom is -0.353 e. The van der Waals surface area contributed by atoms with Gasteiger partial charge in [-0.3, -0.25) is 13.9 Å². The topological polar surface area (TPSA) is 108 Å². The van der Waals surface area contributed by atoms with Crippen LogP contribution in [0.2, 0.25) is 0 Å². The molecule has 3 rings (SSSR count). The molecule has 0 aromatic heterocycles. The Kier molecular flexibility index (Phi) is 8.01. The average Bonchev–Trinajstić information content (AvgIpc) is 2.75. The largest absolute Gasteiger partial charge is 0.353 e. The lowest BCUT2D eigenvalue weighted by atomic mass is 9.71. The summed E-state index contributed by atoms with van der Waals surface area (Å²) in [5.41, 5.74) is 0.999. The number of sulfonamides is 1. The zero-order valence-corrected chi connectivity index (χ0v) is 22.5. The maximum Gasteiger partial charge on any atom is 0.264 e. The normalized spacial score (nSPS) is 24.7. The van der Waals surface area contributed by atoms with Crippen molar-refractivity contribution in [3.05, 3.63) is 42.2 Å². The summed E-state index contributed by atoms with van der Waals surface area (Å²) in [5.74, 6) is -0.851. The average molecular weight is 505 g/mol. The van der Waals surface area contributed by atoms with Crippen LogP contribution in [0.15, 0.2) is 41.6 Å². The third-order valence-electron chi connectivity index (χ3n) is 6.81. The van der Waals surface area contributed by atoms with Gasteiger partial charge in [0.2, 0.25) is 11.8 Å². The van der Waals surface area contributed by atoms with E-state index in [2.05, 4.69) is 50.6 Å². The monoisotopic (exact) mass is 504 g/mol. The Hall–Kier alpha value is -2.39. The van der Waals surface area contributed by atoms with Crippen LogP contribution in [0.3, 0.4) is 0 Å². The van der Waals surface area contributed by atoms with E-state index in [0.717, 1.165) is 35.7 Å². The van der Waals surface area contributed by atoms with Crippen LogP contribution in [0, 0.1) is 17.8 Å². The Labute approximate surface area is 210 Å². The van der Waals surface area contributed by atoms with Gasteiger partial charge >= 0.3 is 0 Å². The highest BCUT2D eigenvalue weighted by molar-refractivity contribution is 7.89. The van der Waals surface area contributed by atoms with Gasteiger partial charge < -0.3 is 16.0 Å². The summed E-state index contributed by atoms with van der Waals surface area (Å²) < 4.78 is 27.5. The van der Waals surface area contributed by atoms with Crippen molar-refractivity contribution in [3.8, 4) is 0 Å². The number of carbonyl (C=O) groups excluding carboxylic acids is 2. The Morgan fingerprint density at radius 2 is 1.83 bits per heavy atom. The lowest BCUT2D eigenvalue weighted by molar-refractivity contribution is -0.130. The first-order chi connectivity index (χ1) is 16.2. The molecule has 0 radical (unpaired) electrons. The van der Waals surface area contributed by atoms with Crippen LogP contribution in [0.4, 0.5) is 0 Å². The van der Waals surface area contributed by atoms with Crippen molar-refractivity contribution >= 4 is 21.8 Å². The van der Waals surface area contributed by atoms with Gasteiger partial charge in [0.1, 0.15) is 6.04 Å². The minimum absolute atomic E-state index is 0.0490. The molecule has 0 saturated heterocycles.